The third-order valence-electron chi connectivity index (χ3n) is 2.17. The van der Waals surface area contributed by atoms with Gasteiger partial charge < -0.3 is 10.8 Å². The number of carbonyl (C=O) groups excluding carboxylic acids is 1. The van der Waals surface area contributed by atoms with Gasteiger partial charge in [0.1, 0.15) is 0 Å². The van der Waals surface area contributed by atoms with Gasteiger partial charge in [-0.3, -0.25) is 9.35 Å². The van der Waals surface area contributed by atoms with Crippen LogP contribution in [0.15, 0.2) is 24.3 Å². The van der Waals surface area contributed by atoms with Gasteiger partial charge in [0.15, 0.2) is 0 Å². The van der Waals surface area contributed by atoms with Crippen LogP contribution < -0.4 is 5.73 Å². The molecule has 0 rings (SSSR count). The molecule has 1 amide bonds. The first-order valence-corrected chi connectivity index (χ1v) is 7.35. The van der Waals surface area contributed by atoms with Crippen molar-refractivity contribution in [3.63, 3.8) is 0 Å². The Morgan fingerprint density at radius 1 is 1.25 bits per heavy atom. The minimum absolute atomic E-state index is 0.163. The predicted molar refractivity (Wildman–Crippen MR) is 75.6 cm³/mol. The summed E-state index contributed by atoms with van der Waals surface area (Å²) in [6.07, 6.45) is 0.699. The van der Waals surface area contributed by atoms with Crippen LogP contribution in [0.5, 0.6) is 0 Å². The number of carboxylic acid groups (broad SMARTS) is 1. The Bertz CT molecular complexity index is 480. The number of aliphatic carboxylic acids is 1. The Kier molecular flexibility index (Phi) is 9.57. The number of hydrogen-bond donors (Lipinski definition) is 3. The Hall–Kier alpha value is -1.67. The number of nitrogens with two attached hydrogens (primary N) is 1. The molecular weight excluding hydrogens is 286 g/mol. The molecule has 4 N–H and O–H groups in total. The van der Waals surface area contributed by atoms with E-state index in [2.05, 4.69) is 13.2 Å². The van der Waals surface area contributed by atoms with Crippen molar-refractivity contribution in [2.24, 2.45) is 11.7 Å². The summed E-state index contributed by atoms with van der Waals surface area (Å²) >= 11 is 0. The highest BCUT2D eigenvalue weighted by Gasteiger charge is 2.14. The summed E-state index contributed by atoms with van der Waals surface area (Å²) in [6, 6.07) is 0. The second kappa shape index (κ2) is 9.27. The summed E-state index contributed by atoms with van der Waals surface area (Å²) < 4.78 is 29.3. The highest BCUT2D eigenvalue weighted by Crippen LogP contribution is 2.11. The lowest BCUT2D eigenvalue weighted by Crippen LogP contribution is -2.18. The molecule has 20 heavy (non-hydrogen) atoms. The lowest BCUT2D eigenvalue weighted by molar-refractivity contribution is -0.132. The summed E-state index contributed by atoms with van der Waals surface area (Å²) in [6.45, 7) is 9.99. The van der Waals surface area contributed by atoms with Crippen molar-refractivity contribution in [3.8, 4) is 0 Å². The van der Waals surface area contributed by atoms with Crippen molar-refractivity contribution in [2.45, 2.75) is 26.7 Å². The standard InChI is InChI=1S/C7H13NO4S.C5H8O2/c1-5(4-13(10,11)12)3-6(2)7(8)9;1-3-4(2)5(6)7/h5H,2-4H2,1H3,(H2,8,9)(H,10,11,12);2-3H2,1H3,(H,6,7). The number of rotatable bonds is 7. The number of hydrogen-bond acceptors (Lipinski definition) is 4. The van der Waals surface area contributed by atoms with E-state index in [1.54, 1.807) is 13.8 Å². The maximum absolute atomic E-state index is 10.5. The molecule has 0 aromatic carbocycles. The van der Waals surface area contributed by atoms with Crippen LogP contribution in [0.4, 0.5) is 0 Å². The molecule has 0 aliphatic carbocycles. The fourth-order valence-corrected chi connectivity index (χ4v) is 1.93. The molecule has 7 nitrogen and oxygen atoms in total. The second-order valence-corrected chi connectivity index (χ2v) is 5.79. The number of primary amides is 1. The first-order chi connectivity index (χ1) is 8.90. The van der Waals surface area contributed by atoms with Crippen LogP contribution in [0.1, 0.15) is 26.7 Å². The van der Waals surface area contributed by atoms with Crippen LogP contribution in [-0.4, -0.2) is 35.7 Å². The number of carboxylic acids is 1. The van der Waals surface area contributed by atoms with Crippen LogP contribution in [0, 0.1) is 5.92 Å². The van der Waals surface area contributed by atoms with Gasteiger partial charge in [0, 0.05) is 11.1 Å². The first kappa shape index (κ1) is 20.6. The zero-order valence-corrected chi connectivity index (χ0v) is 12.4. The minimum atomic E-state index is -3.99. The summed E-state index contributed by atoms with van der Waals surface area (Å²) in [4.78, 5) is 20.3. The van der Waals surface area contributed by atoms with Gasteiger partial charge >= 0.3 is 5.97 Å². The molecule has 0 heterocycles. The predicted octanol–water partition coefficient (Wildman–Crippen LogP) is 0.979. The lowest BCUT2D eigenvalue weighted by Gasteiger charge is -2.08. The molecule has 1 unspecified atom stereocenters. The molecule has 116 valence electrons. The fraction of sp³-hybridized carbons (Fsp3) is 0.500. The van der Waals surface area contributed by atoms with E-state index in [0.29, 0.717) is 6.42 Å². The molecule has 0 spiro atoms. The Balaban J connectivity index is 0. The largest absolute Gasteiger partial charge is 0.478 e. The molecule has 0 bridgehead atoms. The van der Waals surface area contributed by atoms with E-state index in [9.17, 15) is 18.0 Å². The van der Waals surface area contributed by atoms with Crippen LogP contribution in [-0.2, 0) is 19.7 Å². The van der Waals surface area contributed by atoms with Gasteiger partial charge in [-0.25, -0.2) is 4.79 Å². The van der Waals surface area contributed by atoms with Crippen LogP contribution >= 0.6 is 0 Å². The van der Waals surface area contributed by atoms with Crippen LogP contribution in [0.3, 0.4) is 0 Å². The maximum atomic E-state index is 10.5. The van der Waals surface area contributed by atoms with Crippen LogP contribution in [0.2, 0.25) is 0 Å². The molecular formula is C12H21NO6S. The van der Waals surface area contributed by atoms with Crippen molar-refractivity contribution in [2.75, 3.05) is 5.75 Å². The van der Waals surface area contributed by atoms with E-state index in [-0.39, 0.29) is 29.2 Å². The summed E-state index contributed by atoms with van der Waals surface area (Å²) in [5.41, 5.74) is 5.32. The van der Waals surface area contributed by atoms with Gasteiger partial charge in [-0.15, -0.1) is 0 Å². The summed E-state index contributed by atoms with van der Waals surface area (Å²) in [5, 5.41) is 8.08. The minimum Gasteiger partial charge on any atom is -0.478 e. The van der Waals surface area contributed by atoms with E-state index >= 15 is 0 Å². The van der Waals surface area contributed by atoms with Gasteiger partial charge in [0.25, 0.3) is 10.1 Å². The van der Waals surface area contributed by atoms with Crippen molar-refractivity contribution in [3.05, 3.63) is 24.3 Å². The van der Waals surface area contributed by atoms with E-state index < -0.39 is 22.0 Å². The molecule has 0 aliphatic rings. The molecule has 0 aromatic rings. The topological polar surface area (TPSA) is 135 Å². The Labute approximate surface area is 118 Å². The summed E-state index contributed by atoms with van der Waals surface area (Å²) in [7, 11) is -3.99. The molecule has 8 heteroatoms. The van der Waals surface area contributed by atoms with Crippen LogP contribution in [0.25, 0.3) is 0 Å². The number of amides is 1. The Morgan fingerprint density at radius 2 is 1.70 bits per heavy atom. The fourth-order valence-electron chi connectivity index (χ4n) is 1.09. The SMILES string of the molecule is C=C(CC(C)CS(=O)(=O)O)C(N)=O.C=C(CC)C(=O)O. The molecule has 0 aliphatic heterocycles. The van der Waals surface area contributed by atoms with E-state index in [1.165, 1.54) is 0 Å². The highest BCUT2D eigenvalue weighted by atomic mass is 32.2. The maximum Gasteiger partial charge on any atom is 0.330 e. The van der Waals surface area contributed by atoms with E-state index in [4.69, 9.17) is 15.4 Å². The average molecular weight is 307 g/mol. The quantitative estimate of drug-likeness (QED) is 0.474. The molecule has 1 atom stereocenters. The highest BCUT2D eigenvalue weighted by molar-refractivity contribution is 7.85. The molecule has 0 saturated carbocycles. The van der Waals surface area contributed by atoms with Gasteiger partial charge in [-0.05, 0) is 18.8 Å². The van der Waals surface area contributed by atoms with Crippen molar-refractivity contribution in [1.29, 1.82) is 0 Å². The van der Waals surface area contributed by atoms with Crippen molar-refractivity contribution < 1.29 is 27.7 Å². The summed E-state index contributed by atoms with van der Waals surface area (Å²) in [5.74, 6) is -2.31. The Morgan fingerprint density at radius 3 is 1.90 bits per heavy atom. The van der Waals surface area contributed by atoms with E-state index in [1.807, 2.05) is 0 Å². The van der Waals surface area contributed by atoms with Gasteiger partial charge in [-0.1, -0.05) is 27.0 Å². The molecule has 0 radical (unpaired) electrons. The zero-order valence-electron chi connectivity index (χ0n) is 11.6. The first-order valence-electron chi connectivity index (χ1n) is 5.74. The van der Waals surface area contributed by atoms with Gasteiger partial charge in [0.05, 0.1) is 5.75 Å². The molecule has 0 fully saturated rings. The van der Waals surface area contributed by atoms with Crippen molar-refractivity contribution in [1.82, 2.24) is 0 Å². The zero-order chi connectivity index (χ0) is 16.5. The number of carbonyl (C=O) groups is 2. The lowest BCUT2D eigenvalue weighted by atomic mass is 10.0. The van der Waals surface area contributed by atoms with Gasteiger partial charge in [0.2, 0.25) is 5.91 Å². The normalized spacial score (nSPS) is 11.8. The molecule has 0 saturated heterocycles. The van der Waals surface area contributed by atoms with Crippen molar-refractivity contribution >= 4 is 22.0 Å². The molecule has 0 aromatic heterocycles. The monoisotopic (exact) mass is 307 g/mol. The smallest absolute Gasteiger partial charge is 0.330 e. The second-order valence-electron chi connectivity index (χ2n) is 4.29. The average Bonchev–Trinajstić information content (AvgIpc) is 2.25. The third-order valence-corrected chi connectivity index (χ3v) is 3.16. The van der Waals surface area contributed by atoms with E-state index in [0.717, 1.165) is 0 Å². The van der Waals surface area contributed by atoms with Gasteiger partial charge in [-0.2, -0.15) is 8.42 Å². The third kappa shape index (κ3) is 12.8.